The molecule has 0 heterocycles. The van der Waals surface area contributed by atoms with Gasteiger partial charge < -0.3 is 10.9 Å². The van der Waals surface area contributed by atoms with Crippen LogP contribution in [0, 0.1) is 10.1 Å². The monoisotopic (exact) mass is 277 g/mol. The molecule has 0 saturated heterocycles. The Morgan fingerprint density at radius 2 is 1.68 bits per heavy atom. The van der Waals surface area contributed by atoms with E-state index < -0.39 is 22.8 Å². The third-order valence-corrected chi connectivity index (χ3v) is 2.32. The first kappa shape index (κ1) is 17.6. The van der Waals surface area contributed by atoms with Crippen molar-refractivity contribution >= 4 is 17.6 Å². The molecule has 0 aliphatic carbocycles. The van der Waals surface area contributed by atoms with Crippen molar-refractivity contribution in [3.8, 4) is 0 Å². The van der Waals surface area contributed by atoms with Crippen LogP contribution in [-0.2, 0) is 19.1 Å². The number of hydrogen-bond acceptors (Lipinski definition) is 6. The van der Waals surface area contributed by atoms with E-state index in [-0.39, 0.29) is 42.2 Å². The molecule has 7 nitrogen and oxygen atoms in total. The van der Waals surface area contributed by atoms with E-state index in [0.717, 1.165) is 14.2 Å². The van der Waals surface area contributed by atoms with E-state index in [2.05, 4.69) is 9.47 Å². The van der Waals surface area contributed by atoms with Crippen LogP contribution in [-0.4, -0.2) is 31.1 Å². The Bertz CT molecular complexity index is 480. The van der Waals surface area contributed by atoms with Crippen molar-refractivity contribution in [1.29, 1.82) is 0 Å². The second-order valence-electron chi connectivity index (χ2n) is 3.30. The number of benzene rings is 1. The first-order valence-corrected chi connectivity index (χ1v) is 4.92. The molecule has 0 N–H and O–H groups in total. The van der Waals surface area contributed by atoms with Gasteiger partial charge in [-0.15, -0.1) is 0 Å². The molecule has 8 heteroatoms. The molecular weight excluding hydrogens is 265 g/mol. The van der Waals surface area contributed by atoms with Crippen LogP contribution < -0.4 is 29.6 Å². The Balaban J connectivity index is 0. The number of nitrogens with zero attached hydrogens (tertiary/aromatic N) is 1. The molecule has 0 unspecified atom stereocenters. The van der Waals surface area contributed by atoms with E-state index in [1.54, 1.807) is 0 Å². The maximum absolute atomic E-state index is 11.5. The quantitative estimate of drug-likeness (QED) is 0.210. The Hall–Kier alpha value is -1.44. The fourth-order valence-electron chi connectivity index (χ4n) is 1.48. The molecule has 0 radical (unpaired) electrons. The maximum atomic E-state index is 11.5. The molecule has 19 heavy (non-hydrogen) atoms. The molecule has 0 saturated carbocycles. The summed E-state index contributed by atoms with van der Waals surface area (Å²) < 4.78 is 8.92. The number of esters is 2. The summed E-state index contributed by atoms with van der Waals surface area (Å²) in [6, 6.07) is 5.44. The number of para-hydroxylation sites is 1. The zero-order chi connectivity index (χ0) is 13.7. The van der Waals surface area contributed by atoms with Crippen LogP contribution in [0.25, 0.3) is 0 Å². The molecule has 98 valence electrons. The minimum Gasteiger partial charge on any atom is -1.00 e. The summed E-state index contributed by atoms with van der Waals surface area (Å²) in [7, 11) is 2.18. The Morgan fingerprint density at radius 1 is 1.21 bits per heavy atom. The van der Waals surface area contributed by atoms with E-state index in [4.69, 9.17) is 0 Å². The van der Waals surface area contributed by atoms with E-state index >= 15 is 0 Å². The van der Waals surface area contributed by atoms with Crippen molar-refractivity contribution in [2.24, 2.45) is 0 Å². The van der Waals surface area contributed by atoms with Crippen LogP contribution in [0.4, 0.5) is 5.69 Å². The standard InChI is InChI=1S/C11H11NO6.Na.H/c1-17-10(13)9(11(14)18-2)7-5-3-4-6-8(7)12(15)16;;/h3-6,9H,1-2H3;;/q;+1;-1. The average Bonchev–Trinajstić information content (AvgIpc) is 2.38. The van der Waals surface area contributed by atoms with E-state index in [1.165, 1.54) is 24.3 Å². The van der Waals surface area contributed by atoms with Gasteiger partial charge in [0.25, 0.3) is 5.69 Å². The van der Waals surface area contributed by atoms with Gasteiger partial charge in [0.2, 0.25) is 0 Å². The van der Waals surface area contributed by atoms with Crippen molar-refractivity contribution in [3.63, 3.8) is 0 Å². The minimum atomic E-state index is -1.46. The SMILES string of the molecule is COC(=O)C(C(=O)OC)c1ccccc1[N+](=O)[O-].[H-].[Na+]. The van der Waals surface area contributed by atoms with E-state index in [0.29, 0.717) is 0 Å². The summed E-state index contributed by atoms with van der Waals surface area (Å²) in [6.07, 6.45) is 0. The Labute approximate surface area is 132 Å². The first-order valence-electron chi connectivity index (χ1n) is 4.92. The van der Waals surface area contributed by atoms with Gasteiger partial charge in [0.05, 0.1) is 24.7 Å². The number of rotatable bonds is 4. The smallest absolute Gasteiger partial charge is 1.00 e. The molecule has 1 aromatic rings. The van der Waals surface area contributed by atoms with Crippen LogP contribution in [0.2, 0.25) is 0 Å². The zero-order valence-corrected chi connectivity index (χ0v) is 12.8. The second kappa shape index (κ2) is 7.88. The third-order valence-electron chi connectivity index (χ3n) is 2.32. The van der Waals surface area contributed by atoms with Crippen LogP contribution in [0.5, 0.6) is 0 Å². The van der Waals surface area contributed by atoms with Gasteiger partial charge >= 0.3 is 41.5 Å². The summed E-state index contributed by atoms with van der Waals surface area (Å²) in [5.41, 5.74) is -0.389. The summed E-state index contributed by atoms with van der Waals surface area (Å²) in [6.45, 7) is 0. The molecule has 1 rings (SSSR count). The van der Waals surface area contributed by atoms with Crippen LogP contribution >= 0.6 is 0 Å². The fraction of sp³-hybridized carbons (Fsp3) is 0.273. The first-order chi connectivity index (χ1) is 8.52. The summed E-state index contributed by atoms with van der Waals surface area (Å²) in [5.74, 6) is -3.27. The van der Waals surface area contributed by atoms with Crippen molar-refractivity contribution in [1.82, 2.24) is 0 Å². The number of carbonyl (C=O) groups is 2. The number of methoxy groups -OCH3 is 2. The van der Waals surface area contributed by atoms with Gasteiger partial charge in [-0.3, -0.25) is 19.7 Å². The van der Waals surface area contributed by atoms with Crippen LogP contribution in [0.15, 0.2) is 24.3 Å². The van der Waals surface area contributed by atoms with Gasteiger partial charge in [0.15, 0.2) is 5.92 Å². The molecule has 0 aromatic heterocycles. The Morgan fingerprint density at radius 3 is 2.11 bits per heavy atom. The number of carbonyl (C=O) groups excluding carboxylic acids is 2. The predicted octanol–water partition coefficient (Wildman–Crippen LogP) is -1.86. The average molecular weight is 277 g/mol. The summed E-state index contributed by atoms with van der Waals surface area (Å²) in [5, 5.41) is 10.8. The fourth-order valence-corrected chi connectivity index (χ4v) is 1.48. The van der Waals surface area contributed by atoms with Gasteiger partial charge in [0, 0.05) is 6.07 Å². The molecule has 0 fully saturated rings. The molecule has 0 spiro atoms. The predicted molar refractivity (Wildman–Crippen MR) is 61.0 cm³/mol. The van der Waals surface area contributed by atoms with Crippen molar-refractivity contribution in [2.75, 3.05) is 14.2 Å². The number of ether oxygens (including phenoxy) is 2. The van der Waals surface area contributed by atoms with Gasteiger partial charge in [0.1, 0.15) is 0 Å². The maximum Gasteiger partial charge on any atom is 1.00 e. The van der Waals surface area contributed by atoms with Gasteiger partial charge in [-0.25, -0.2) is 0 Å². The molecule has 0 aliphatic heterocycles. The van der Waals surface area contributed by atoms with E-state index in [1.807, 2.05) is 0 Å². The molecular formula is C11H12NNaO6. The number of hydrogen-bond donors (Lipinski definition) is 0. The minimum absolute atomic E-state index is 0. The topological polar surface area (TPSA) is 95.7 Å². The van der Waals surface area contributed by atoms with Gasteiger partial charge in [-0.05, 0) is 0 Å². The van der Waals surface area contributed by atoms with Crippen LogP contribution in [0.1, 0.15) is 12.9 Å². The van der Waals surface area contributed by atoms with Crippen molar-refractivity contribution in [2.45, 2.75) is 5.92 Å². The Kier molecular flexibility index (Phi) is 7.28. The molecule has 1 aromatic carbocycles. The summed E-state index contributed by atoms with van der Waals surface area (Å²) in [4.78, 5) is 33.3. The second-order valence-corrected chi connectivity index (χ2v) is 3.30. The zero-order valence-electron chi connectivity index (χ0n) is 11.8. The molecule has 0 atom stereocenters. The molecule has 0 aliphatic rings. The normalized spacial score (nSPS) is 9.42. The van der Waals surface area contributed by atoms with E-state index in [9.17, 15) is 19.7 Å². The largest absolute Gasteiger partial charge is 1.00 e. The van der Waals surface area contributed by atoms with Gasteiger partial charge in [-0.1, -0.05) is 18.2 Å². The van der Waals surface area contributed by atoms with Crippen molar-refractivity contribution in [3.05, 3.63) is 39.9 Å². The van der Waals surface area contributed by atoms with Crippen LogP contribution in [0.3, 0.4) is 0 Å². The van der Waals surface area contributed by atoms with Crippen molar-refractivity contribution < 1.29 is 55.0 Å². The number of nitro groups is 1. The summed E-state index contributed by atoms with van der Waals surface area (Å²) >= 11 is 0. The molecule has 0 bridgehead atoms. The van der Waals surface area contributed by atoms with Gasteiger partial charge in [-0.2, -0.15) is 0 Å². The molecule has 0 amide bonds. The number of nitro benzene ring substituents is 1. The third kappa shape index (κ3) is 4.02.